The lowest BCUT2D eigenvalue weighted by Crippen LogP contribution is -2.32. The van der Waals surface area contributed by atoms with Crippen LogP contribution in [0.4, 0.5) is 0 Å². The highest BCUT2D eigenvalue weighted by Gasteiger charge is 2.31. The molecule has 1 aliphatic heterocycles. The fraction of sp³-hybridized carbons (Fsp3) is 0.714. The summed E-state index contributed by atoms with van der Waals surface area (Å²) >= 11 is 0. The van der Waals surface area contributed by atoms with Crippen LogP contribution in [0.5, 0.6) is 0 Å². The number of ether oxygens (including phenoxy) is 1. The summed E-state index contributed by atoms with van der Waals surface area (Å²) in [4.78, 5) is 19.0. The fourth-order valence-electron chi connectivity index (χ4n) is 4.38. The molecule has 0 bridgehead atoms. The van der Waals surface area contributed by atoms with Crippen LogP contribution in [0, 0.1) is 19.8 Å². The van der Waals surface area contributed by atoms with Crippen LogP contribution < -0.4 is 0 Å². The van der Waals surface area contributed by atoms with Crippen molar-refractivity contribution >= 4 is 5.91 Å². The van der Waals surface area contributed by atoms with Gasteiger partial charge in [0.1, 0.15) is 6.54 Å². The molecule has 158 valence electrons. The molecular formula is C21H31N5O3. The Morgan fingerprint density at radius 3 is 2.86 bits per heavy atom. The molecule has 1 saturated heterocycles. The van der Waals surface area contributed by atoms with Gasteiger partial charge in [-0.25, -0.2) is 0 Å². The van der Waals surface area contributed by atoms with Gasteiger partial charge >= 0.3 is 0 Å². The Bertz CT molecular complexity index is 824. The summed E-state index contributed by atoms with van der Waals surface area (Å²) in [5, 5.41) is 8.48. The van der Waals surface area contributed by atoms with Gasteiger partial charge in [-0.15, -0.1) is 0 Å². The van der Waals surface area contributed by atoms with Crippen LogP contribution in [0.2, 0.25) is 0 Å². The van der Waals surface area contributed by atoms with Gasteiger partial charge in [-0.05, 0) is 45.1 Å². The molecule has 0 N–H and O–H groups in total. The largest absolute Gasteiger partial charge is 0.381 e. The van der Waals surface area contributed by atoms with Gasteiger partial charge < -0.3 is 14.2 Å². The number of aryl methyl sites for hydroxylation is 2. The van der Waals surface area contributed by atoms with Crippen LogP contribution >= 0.6 is 0 Å². The minimum Gasteiger partial charge on any atom is -0.381 e. The second kappa shape index (κ2) is 9.07. The maximum absolute atomic E-state index is 12.6. The van der Waals surface area contributed by atoms with Crippen molar-refractivity contribution in [1.82, 2.24) is 24.8 Å². The first kappa shape index (κ1) is 20.1. The highest BCUT2D eigenvalue weighted by atomic mass is 16.5. The number of nitrogens with zero attached hydrogens (tertiary/aromatic N) is 5. The molecule has 29 heavy (non-hydrogen) atoms. The Morgan fingerprint density at radius 2 is 2.10 bits per heavy atom. The molecule has 1 amide bonds. The highest BCUT2D eigenvalue weighted by molar-refractivity contribution is 5.76. The lowest BCUT2D eigenvalue weighted by atomic mass is 10.1. The van der Waals surface area contributed by atoms with E-state index in [0.29, 0.717) is 37.8 Å². The molecular weight excluding hydrogens is 370 g/mol. The normalized spacial score (nSPS) is 20.1. The zero-order valence-electron chi connectivity index (χ0n) is 17.5. The zero-order valence-corrected chi connectivity index (χ0v) is 17.5. The average molecular weight is 402 g/mol. The molecule has 1 unspecified atom stereocenters. The molecule has 1 aliphatic carbocycles. The molecule has 8 nitrogen and oxygen atoms in total. The van der Waals surface area contributed by atoms with E-state index in [4.69, 9.17) is 9.26 Å². The summed E-state index contributed by atoms with van der Waals surface area (Å²) in [6.45, 7) is 7.00. The smallest absolute Gasteiger partial charge is 0.244 e. The molecule has 0 aromatic carbocycles. The van der Waals surface area contributed by atoms with Gasteiger partial charge in [0.2, 0.25) is 11.8 Å². The molecule has 3 heterocycles. The van der Waals surface area contributed by atoms with Gasteiger partial charge in [0, 0.05) is 31.8 Å². The van der Waals surface area contributed by atoms with E-state index in [1.165, 1.54) is 25.7 Å². The molecule has 4 rings (SSSR count). The number of hydrogen-bond acceptors (Lipinski definition) is 6. The number of carbonyl (C=O) groups is 1. The quantitative estimate of drug-likeness (QED) is 0.632. The van der Waals surface area contributed by atoms with E-state index in [9.17, 15) is 4.79 Å². The first-order valence-corrected chi connectivity index (χ1v) is 10.8. The predicted octanol–water partition coefficient (Wildman–Crippen LogP) is 2.65. The third kappa shape index (κ3) is 5.04. The summed E-state index contributed by atoms with van der Waals surface area (Å²) in [5.74, 6) is 2.25. The van der Waals surface area contributed by atoms with Crippen LogP contribution in [0.3, 0.4) is 0 Å². The Kier molecular flexibility index (Phi) is 6.28. The maximum atomic E-state index is 12.6. The van der Waals surface area contributed by atoms with Crippen LogP contribution in [-0.4, -0.2) is 57.0 Å². The molecule has 2 aliphatic rings. The molecule has 2 fully saturated rings. The van der Waals surface area contributed by atoms with Gasteiger partial charge in [-0.3, -0.25) is 9.48 Å². The monoisotopic (exact) mass is 401 g/mol. The van der Waals surface area contributed by atoms with Gasteiger partial charge in [0.15, 0.2) is 5.82 Å². The van der Waals surface area contributed by atoms with E-state index in [1.807, 2.05) is 24.8 Å². The summed E-state index contributed by atoms with van der Waals surface area (Å²) in [7, 11) is 0. The van der Waals surface area contributed by atoms with Gasteiger partial charge in [0.25, 0.3) is 0 Å². The van der Waals surface area contributed by atoms with Crippen molar-refractivity contribution in [1.29, 1.82) is 0 Å². The van der Waals surface area contributed by atoms with E-state index >= 15 is 0 Å². The van der Waals surface area contributed by atoms with Crippen LogP contribution in [-0.2, 0) is 22.5 Å². The number of hydrogen-bond donors (Lipinski definition) is 0. The third-order valence-corrected chi connectivity index (χ3v) is 6.06. The number of amides is 1. The lowest BCUT2D eigenvalue weighted by Gasteiger charge is -2.16. The summed E-state index contributed by atoms with van der Waals surface area (Å²) in [5.41, 5.74) is 1.93. The first-order chi connectivity index (χ1) is 14.1. The van der Waals surface area contributed by atoms with Crippen molar-refractivity contribution in [3.05, 3.63) is 29.2 Å². The van der Waals surface area contributed by atoms with E-state index in [0.717, 1.165) is 30.3 Å². The van der Waals surface area contributed by atoms with Gasteiger partial charge in [0.05, 0.1) is 18.2 Å². The van der Waals surface area contributed by atoms with Crippen molar-refractivity contribution in [2.45, 2.75) is 64.8 Å². The molecule has 1 saturated carbocycles. The Morgan fingerprint density at radius 1 is 1.28 bits per heavy atom. The van der Waals surface area contributed by atoms with Crippen molar-refractivity contribution in [3.63, 3.8) is 0 Å². The van der Waals surface area contributed by atoms with Crippen molar-refractivity contribution in [3.8, 4) is 0 Å². The minimum absolute atomic E-state index is 0.0822. The van der Waals surface area contributed by atoms with E-state index in [1.54, 1.807) is 4.68 Å². The molecule has 1 atom stereocenters. The van der Waals surface area contributed by atoms with E-state index in [2.05, 4.69) is 15.2 Å². The second-order valence-corrected chi connectivity index (χ2v) is 8.43. The molecule has 0 radical (unpaired) electrons. The third-order valence-electron chi connectivity index (χ3n) is 6.06. The number of likely N-dealkylation sites (tertiary alicyclic amines) is 1. The van der Waals surface area contributed by atoms with Gasteiger partial charge in [-0.1, -0.05) is 18.0 Å². The van der Waals surface area contributed by atoms with Crippen molar-refractivity contribution < 1.29 is 14.1 Å². The van der Waals surface area contributed by atoms with E-state index in [-0.39, 0.29) is 18.4 Å². The second-order valence-electron chi connectivity index (χ2n) is 8.43. The topological polar surface area (TPSA) is 86.3 Å². The summed E-state index contributed by atoms with van der Waals surface area (Å²) < 4.78 is 13.0. The zero-order chi connectivity index (χ0) is 20.2. The number of aromatic nitrogens is 4. The Hall–Kier alpha value is -2.22. The van der Waals surface area contributed by atoms with Gasteiger partial charge in [-0.2, -0.15) is 10.1 Å². The SMILES string of the molecule is Cc1cc(C)n(CC(=O)N2CCC(c3nc(CCOCC4CCCC4)no3)C2)n1. The standard InChI is InChI=1S/C21H31N5O3/c1-15-11-16(2)26(23-15)13-20(27)25-9-7-18(12-25)21-22-19(24-29-21)8-10-28-14-17-5-3-4-6-17/h11,17-18H,3-10,12-14H2,1-2H3. The maximum Gasteiger partial charge on any atom is 0.244 e. The molecule has 0 spiro atoms. The van der Waals surface area contributed by atoms with E-state index < -0.39 is 0 Å². The Balaban J connectivity index is 1.22. The molecule has 8 heteroatoms. The van der Waals surface area contributed by atoms with Crippen LogP contribution in [0.1, 0.15) is 61.1 Å². The summed E-state index contributed by atoms with van der Waals surface area (Å²) in [6.07, 6.45) is 6.78. The molecule has 2 aromatic rings. The van der Waals surface area contributed by atoms with Crippen molar-refractivity contribution in [2.75, 3.05) is 26.3 Å². The predicted molar refractivity (Wildman–Crippen MR) is 106 cm³/mol. The average Bonchev–Trinajstić information content (AvgIpc) is 3.48. The lowest BCUT2D eigenvalue weighted by molar-refractivity contribution is -0.131. The van der Waals surface area contributed by atoms with Crippen LogP contribution in [0.15, 0.2) is 10.6 Å². The van der Waals surface area contributed by atoms with Crippen LogP contribution in [0.25, 0.3) is 0 Å². The Labute approximate surface area is 171 Å². The summed E-state index contributed by atoms with van der Waals surface area (Å²) in [6, 6.07) is 1.98. The van der Waals surface area contributed by atoms with Crippen molar-refractivity contribution in [2.24, 2.45) is 5.92 Å². The number of rotatable bonds is 8. The number of carbonyl (C=O) groups excluding carboxylic acids is 1. The fourth-order valence-corrected chi connectivity index (χ4v) is 4.38. The first-order valence-electron chi connectivity index (χ1n) is 10.8. The molecule has 2 aromatic heterocycles. The highest BCUT2D eigenvalue weighted by Crippen LogP contribution is 2.27. The minimum atomic E-state index is 0.0822.